The highest BCUT2D eigenvalue weighted by Crippen LogP contribution is 2.43. The topological polar surface area (TPSA) is 30.2 Å². The van der Waals surface area contributed by atoms with E-state index in [-0.39, 0.29) is 0 Å². The van der Waals surface area contributed by atoms with Gasteiger partial charge in [0.25, 0.3) is 0 Å². The summed E-state index contributed by atoms with van der Waals surface area (Å²) in [7, 11) is 0. The van der Waals surface area contributed by atoms with Gasteiger partial charge in [0.05, 0.1) is 26.9 Å². The van der Waals surface area contributed by atoms with Gasteiger partial charge in [-0.25, -0.2) is 4.98 Å². The SMILES string of the molecule is c1ccc2cc3cc4c(cc3cc2c1)nc1c2sc3ccccc3c2cc(-c2ccc(-c3ccc(-c5ccc(-c6cccc7c6ccc6cccnc67)cc5)c5ccccc35)cc2)n41. The number of imidazole rings is 1. The standard InChI is InChI=1S/C60H35N3S/c1-2-10-42-32-44-34-56-54(33-43(44)31-41(42)9-1)62-60-59-53(51-14-5-6-17-57(51)64-59)35-55(63(56)60)39-24-22-38(23-25-39)47-29-28-46(48-12-3-4-13-49(47)48)37-20-18-36(19-21-37)45-15-7-16-52-50(45)27-26-40-11-8-30-61-58(40)52/h1-35H. The van der Waals surface area contributed by atoms with Crippen molar-refractivity contribution in [2.24, 2.45) is 0 Å². The summed E-state index contributed by atoms with van der Waals surface area (Å²) in [6.45, 7) is 0. The van der Waals surface area contributed by atoms with Gasteiger partial charge in [0.2, 0.25) is 0 Å². The van der Waals surface area contributed by atoms with E-state index in [0.29, 0.717) is 0 Å². The number of nitrogens with zero attached hydrogens (tertiary/aromatic N) is 3. The normalized spacial score (nSPS) is 12.1. The Balaban J connectivity index is 0.874. The van der Waals surface area contributed by atoms with Gasteiger partial charge in [0.15, 0.2) is 5.65 Å². The lowest BCUT2D eigenvalue weighted by Gasteiger charge is -2.14. The van der Waals surface area contributed by atoms with Crippen LogP contribution in [0.5, 0.6) is 0 Å². The van der Waals surface area contributed by atoms with Crippen LogP contribution >= 0.6 is 11.3 Å². The minimum absolute atomic E-state index is 1.00. The summed E-state index contributed by atoms with van der Waals surface area (Å²) in [6.07, 6.45) is 1.88. The lowest BCUT2D eigenvalue weighted by atomic mass is 9.90. The Bertz CT molecular complexity index is 4230. The minimum atomic E-state index is 1.00. The second kappa shape index (κ2) is 13.7. The van der Waals surface area contributed by atoms with E-state index in [1.165, 1.54) is 96.6 Å². The van der Waals surface area contributed by atoms with Crippen molar-refractivity contribution < 1.29 is 0 Å². The van der Waals surface area contributed by atoms with E-state index in [1.807, 2.05) is 23.6 Å². The lowest BCUT2D eigenvalue weighted by Crippen LogP contribution is -1.93. The van der Waals surface area contributed by atoms with E-state index < -0.39 is 0 Å². The zero-order valence-electron chi connectivity index (χ0n) is 34.5. The molecule has 14 aromatic rings. The second-order valence-electron chi connectivity index (χ2n) is 16.9. The van der Waals surface area contributed by atoms with Crippen LogP contribution in [0, 0.1) is 0 Å². The molecule has 0 radical (unpaired) electrons. The molecule has 0 aliphatic rings. The van der Waals surface area contributed by atoms with E-state index >= 15 is 0 Å². The van der Waals surface area contributed by atoms with Crippen LogP contribution in [0.2, 0.25) is 0 Å². The maximum absolute atomic E-state index is 5.40. The van der Waals surface area contributed by atoms with E-state index in [4.69, 9.17) is 9.97 Å². The zero-order valence-corrected chi connectivity index (χ0v) is 35.3. The van der Waals surface area contributed by atoms with Crippen LogP contribution in [0.3, 0.4) is 0 Å². The third-order valence-corrected chi connectivity index (χ3v) is 14.6. The fourth-order valence-electron chi connectivity index (χ4n) is 10.3. The predicted octanol–water partition coefficient (Wildman–Crippen LogP) is 16.7. The van der Waals surface area contributed by atoms with Gasteiger partial charge in [-0.15, -0.1) is 11.3 Å². The number of pyridine rings is 2. The van der Waals surface area contributed by atoms with Crippen molar-refractivity contribution >= 4 is 102 Å². The van der Waals surface area contributed by atoms with Gasteiger partial charge in [0.1, 0.15) is 0 Å². The molecule has 4 heteroatoms. The summed E-state index contributed by atoms with van der Waals surface area (Å²) in [5.41, 5.74) is 13.7. The summed E-state index contributed by atoms with van der Waals surface area (Å²) < 4.78 is 4.89. The molecule has 4 heterocycles. The third kappa shape index (κ3) is 5.33. The van der Waals surface area contributed by atoms with E-state index in [9.17, 15) is 0 Å². The van der Waals surface area contributed by atoms with Crippen LogP contribution in [0.4, 0.5) is 0 Å². The molecule has 0 amide bonds. The van der Waals surface area contributed by atoms with Crippen molar-refractivity contribution in [3.63, 3.8) is 0 Å². The molecule has 10 aromatic carbocycles. The lowest BCUT2D eigenvalue weighted by molar-refractivity contribution is 1.25. The molecule has 3 nitrogen and oxygen atoms in total. The first kappa shape index (κ1) is 35.4. The molecule has 0 N–H and O–H groups in total. The quantitative estimate of drug-likeness (QED) is 0.131. The molecular formula is C60H35N3S. The molecule has 4 aromatic heterocycles. The molecular weight excluding hydrogens is 795 g/mol. The third-order valence-electron chi connectivity index (χ3n) is 13.4. The molecule has 0 spiro atoms. The number of hydrogen-bond acceptors (Lipinski definition) is 3. The number of thiophene rings is 1. The Hall–Kier alpha value is -8.18. The van der Waals surface area contributed by atoms with E-state index in [2.05, 4.69) is 205 Å². The van der Waals surface area contributed by atoms with E-state index in [0.717, 1.165) is 38.8 Å². The molecule has 0 saturated carbocycles. The van der Waals surface area contributed by atoms with Gasteiger partial charge in [-0.3, -0.25) is 9.38 Å². The molecule has 0 fully saturated rings. The molecule has 0 aliphatic heterocycles. The van der Waals surface area contributed by atoms with Crippen molar-refractivity contribution in [3.05, 3.63) is 212 Å². The fraction of sp³-hybridized carbons (Fsp3) is 0. The molecule has 0 saturated heterocycles. The zero-order chi connectivity index (χ0) is 41.9. The largest absolute Gasteiger partial charge is 0.291 e. The number of rotatable bonds is 4. The Morgan fingerprint density at radius 3 is 1.67 bits per heavy atom. The van der Waals surface area contributed by atoms with Crippen molar-refractivity contribution in [2.75, 3.05) is 0 Å². The smallest absolute Gasteiger partial charge is 0.156 e. The molecule has 0 aliphatic carbocycles. The Morgan fingerprint density at radius 2 is 0.953 bits per heavy atom. The van der Waals surface area contributed by atoms with Crippen molar-refractivity contribution in [2.45, 2.75) is 0 Å². The van der Waals surface area contributed by atoms with Gasteiger partial charge >= 0.3 is 0 Å². The number of benzene rings is 10. The number of hydrogen-bond donors (Lipinski definition) is 0. The van der Waals surface area contributed by atoms with Gasteiger partial charge in [-0.1, -0.05) is 164 Å². The van der Waals surface area contributed by atoms with E-state index in [1.54, 1.807) is 0 Å². The monoisotopic (exact) mass is 829 g/mol. The Labute approximate surface area is 371 Å². The Morgan fingerprint density at radius 1 is 0.375 bits per heavy atom. The highest BCUT2D eigenvalue weighted by Gasteiger charge is 2.19. The summed E-state index contributed by atoms with van der Waals surface area (Å²) in [4.78, 5) is 10.1. The van der Waals surface area contributed by atoms with Crippen LogP contribution < -0.4 is 0 Å². The first-order valence-corrected chi connectivity index (χ1v) is 22.6. The minimum Gasteiger partial charge on any atom is -0.291 e. The maximum atomic E-state index is 5.40. The molecule has 0 unspecified atom stereocenters. The summed E-state index contributed by atoms with van der Waals surface area (Å²) in [5.74, 6) is 0. The Kier molecular flexibility index (Phi) is 7.56. The second-order valence-corrected chi connectivity index (χ2v) is 18.0. The van der Waals surface area contributed by atoms with Gasteiger partial charge in [0, 0.05) is 32.4 Å². The average Bonchev–Trinajstić information content (AvgIpc) is 3.92. The first-order valence-electron chi connectivity index (χ1n) is 21.8. The van der Waals surface area contributed by atoms with Crippen LogP contribution in [0.25, 0.3) is 135 Å². The molecule has 14 rings (SSSR count). The van der Waals surface area contributed by atoms with Crippen LogP contribution in [0.15, 0.2) is 212 Å². The molecule has 64 heavy (non-hydrogen) atoms. The van der Waals surface area contributed by atoms with Gasteiger partial charge in [-0.2, -0.15) is 0 Å². The number of aromatic nitrogens is 3. The summed E-state index contributed by atoms with van der Waals surface area (Å²) >= 11 is 1.83. The van der Waals surface area contributed by atoms with Crippen LogP contribution in [-0.2, 0) is 0 Å². The first-order chi connectivity index (χ1) is 31.7. The maximum Gasteiger partial charge on any atom is 0.156 e. The van der Waals surface area contributed by atoms with Crippen LogP contribution in [-0.4, -0.2) is 14.4 Å². The van der Waals surface area contributed by atoms with Crippen molar-refractivity contribution in [1.29, 1.82) is 0 Å². The molecule has 0 bridgehead atoms. The molecule has 296 valence electrons. The predicted molar refractivity (Wildman–Crippen MR) is 273 cm³/mol. The fourth-order valence-corrected chi connectivity index (χ4v) is 11.5. The molecule has 0 atom stereocenters. The average molecular weight is 830 g/mol. The van der Waals surface area contributed by atoms with Crippen LogP contribution in [0.1, 0.15) is 0 Å². The highest BCUT2D eigenvalue weighted by atomic mass is 32.1. The highest BCUT2D eigenvalue weighted by molar-refractivity contribution is 7.26. The summed E-state index contributed by atoms with van der Waals surface area (Å²) in [5, 5.41) is 13.4. The van der Waals surface area contributed by atoms with Gasteiger partial charge in [-0.05, 0) is 119 Å². The van der Waals surface area contributed by atoms with Crippen molar-refractivity contribution in [3.8, 4) is 44.6 Å². The number of fused-ring (bicyclic) bond motifs is 13. The summed E-state index contributed by atoms with van der Waals surface area (Å²) in [6, 6.07) is 75.6. The van der Waals surface area contributed by atoms with Gasteiger partial charge < -0.3 is 0 Å². The van der Waals surface area contributed by atoms with Crippen molar-refractivity contribution in [1.82, 2.24) is 14.4 Å².